The van der Waals surface area contributed by atoms with Gasteiger partial charge in [-0.05, 0) is 36.8 Å². The molecule has 1 unspecified atom stereocenters. The number of morpholine rings is 1. The van der Waals surface area contributed by atoms with E-state index >= 15 is 0 Å². The third-order valence-corrected chi connectivity index (χ3v) is 6.55. The zero-order valence-electron chi connectivity index (χ0n) is 18.9. The summed E-state index contributed by atoms with van der Waals surface area (Å²) in [5.74, 6) is 1.84. The largest absolute Gasteiger partial charge is 0.497 e. The van der Waals surface area contributed by atoms with Gasteiger partial charge in [-0.15, -0.1) is 10.2 Å². The molecule has 1 aromatic heterocycles. The molecule has 1 fully saturated rings. The predicted octanol–water partition coefficient (Wildman–Crippen LogP) is 2.87. The standard InChI is InChI=1S/C24H29N5O3S/c1-18-26-27-24(29(18)20-6-4-3-5-7-20)33-17-23(30)25-16-22(28-12-14-32-15-13-28)19-8-10-21(31-2)11-9-19/h3-11,22H,12-17H2,1-2H3,(H,25,30). The van der Waals surface area contributed by atoms with E-state index in [1.54, 1.807) is 7.11 Å². The summed E-state index contributed by atoms with van der Waals surface area (Å²) in [6, 6.07) is 18.0. The lowest BCUT2D eigenvalue weighted by Crippen LogP contribution is -2.44. The van der Waals surface area contributed by atoms with Gasteiger partial charge >= 0.3 is 0 Å². The van der Waals surface area contributed by atoms with E-state index < -0.39 is 0 Å². The van der Waals surface area contributed by atoms with E-state index in [2.05, 4.69) is 32.5 Å². The summed E-state index contributed by atoms with van der Waals surface area (Å²) in [5, 5.41) is 12.3. The van der Waals surface area contributed by atoms with E-state index in [1.807, 2.05) is 54.0 Å². The van der Waals surface area contributed by atoms with Gasteiger partial charge in [0.25, 0.3) is 0 Å². The Hall–Kier alpha value is -2.88. The number of carbonyl (C=O) groups is 1. The minimum atomic E-state index is -0.0352. The van der Waals surface area contributed by atoms with Gasteiger partial charge in [-0.3, -0.25) is 14.3 Å². The van der Waals surface area contributed by atoms with Crippen molar-refractivity contribution in [2.45, 2.75) is 18.1 Å². The molecule has 0 saturated carbocycles. The third kappa shape index (κ3) is 5.93. The number of benzene rings is 2. The van der Waals surface area contributed by atoms with Crippen LogP contribution in [-0.2, 0) is 9.53 Å². The maximum atomic E-state index is 12.7. The normalized spacial score (nSPS) is 15.2. The van der Waals surface area contributed by atoms with Crippen LogP contribution in [0.15, 0.2) is 59.8 Å². The van der Waals surface area contributed by atoms with Gasteiger partial charge in [0.05, 0.1) is 32.1 Å². The first-order chi connectivity index (χ1) is 16.2. The number of nitrogens with zero attached hydrogens (tertiary/aromatic N) is 4. The Morgan fingerprint density at radius 3 is 2.55 bits per heavy atom. The van der Waals surface area contributed by atoms with Gasteiger partial charge in [-0.2, -0.15) is 0 Å². The van der Waals surface area contributed by atoms with Crippen LogP contribution in [0.5, 0.6) is 5.75 Å². The summed E-state index contributed by atoms with van der Waals surface area (Å²) in [7, 11) is 1.66. The topological polar surface area (TPSA) is 81.5 Å². The zero-order valence-corrected chi connectivity index (χ0v) is 19.8. The fraction of sp³-hybridized carbons (Fsp3) is 0.375. The molecule has 4 rings (SSSR count). The van der Waals surface area contributed by atoms with Crippen molar-refractivity contribution in [3.8, 4) is 11.4 Å². The number of carbonyl (C=O) groups excluding carboxylic acids is 1. The van der Waals surface area contributed by atoms with E-state index in [-0.39, 0.29) is 17.7 Å². The summed E-state index contributed by atoms with van der Waals surface area (Å²) >= 11 is 1.39. The van der Waals surface area contributed by atoms with Gasteiger partial charge in [0.15, 0.2) is 5.16 Å². The molecule has 33 heavy (non-hydrogen) atoms. The highest BCUT2D eigenvalue weighted by atomic mass is 32.2. The lowest BCUT2D eigenvalue weighted by atomic mass is 10.0. The first kappa shape index (κ1) is 23.3. The molecule has 174 valence electrons. The number of thioether (sulfide) groups is 1. The second kappa shape index (κ2) is 11.3. The number of hydrogen-bond acceptors (Lipinski definition) is 7. The fourth-order valence-corrected chi connectivity index (χ4v) is 4.70. The van der Waals surface area contributed by atoms with Crippen molar-refractivity contribution in [2.75, 3.05) is 45.7 Å². The summed E-state index contributed by atoms with van der Waals surface area (Å²) in [5.41, 5.74) is 2.12. The molecule has 0 bridgehead atoms. The highest BCUT2D eigenvalue weighted by Crippen LogP contribution is 2.24. The molecule has 1 N–H and O–H groups in total. The molecule has 2 aromatic carbocycles. The van der Waals surface area contributed by atoms with Crippen LogP contribution < -0.4 is 10.1 Å². The molecule has 9 heteroatoms. The number of aromatic nitrogens is 3. The quantitative estimate of drug-likeness (QED) is 0.485. The zero-order chi connectivity index (χ0) is 23.0. The van der Waals surface area contributed by atoms with E-state index in [0.29, 0.717) is 24.9 Å². The van der Waals surface area contributed by atoms with Crippen molar-refractivity contribution in [2.24, 2.45) is 0 Å². The molecule has 0 radical (unpaired) electrons. The smallest absolute Gasteiger partial charge is 0.230 e. The van der Waals surface area contributed by atoms with Gasteiger partial charge in [0.1, 0.15) is 11.6 Å². The van der Waals surface area contributed by atoms with Crippen LogP contribution in [0.25, 0.3) is 5.69 Å². The van der Waals surface area contributed by atoms with Crippen molar-refractivity contribution < 1.29 is 14.3 Å². The lowest BCUT2D eigenvalue weighted by Gasteiger charge is -2.35. The monoisotopic (exact) mass is 467 g/mol. The number of hydrogen-bond donors (Lipinski definition) is 1. The Morgan fingerprint density at radius 1 is 1.12 bits per heavy atom. The minimum absolute atomic E-state index is 0.0352. The second-order valence-electron chi connectivity index (χ2n) is 7.73. The number of rotatable bonds is 9. The van der Waals surface area contributed by atoms with Gasteiger partial charge in [0, 0.05) is 25.3 Å². The van der Waals surface area contributed by atoms with E-state index in [1.165, 1.54) is 11.8 Å². The van der Waals surface area contributed by atoms with E-state index in [0.717, 1.165) is 35.9 Å². The number of ether oxygens (including phenoxy) is 2. The summed E-state index contributed by atoms with van der Waals surface area (Å²) < 4.78 is 12.8. The van der Waals surface area contributed by atoms with Crippen LogP contribution in [0, 0.1) is 6.92 Å². The SMILES string of the molecule is COc1ccc(C(CNC(=O)CSc2nnc(C)n2-c2ccccc2)N2CCOCC2)cc1. The van der Waals surface area contributed by atoms with E-state index in [9.17, 15) is 4.79 Å². The van der Waals surface area contributed by atoms with Crippen LogP contribution in [0.4, 0.5) is 0 Å². The minimum Gasteiger partial charge on any atom is -0.497 e. The molecule has 1 amide bonds. The van der Waals surface area contributed by atoms with Crippen LogP contribution in [-0.4, -0.2) is 71.3 Å². The van der Waals surface area contributed by atoms with Gasteiger partial charge in [0.2, 0.25) is 5.91 Å². The summed E-state index contributed by atoms with van der Waals surface area (Å²) in [6.45, 7) is 5.50. The second-order valence-corrected chi connectivity index (χ2v) is 8.67. The molecule has 3 aromatic rings. The number of para-hydroxylation sites is 1. The third-order valence-electron chi connectivity index (χ3n) is 5.62. The van der Waals surface area contributed by atoms with Crippen LogP contribution in [0.3, 0.4) is 0 Å². The van der Waals surface area contributed by atoms with Crippen molar-refractivity contribution in [1.29, 1.82) is 0 Å². The lowest BCUT2D eigenvalue weighted by molar-refractivity contribution is -0.118. The van der Waals surface area contributed by atoms with Gasteiger partial charge in [-0.1, -0.05) is 42.1 Å². The van der Waals surface area contributed by atoms with Crippen molar-refractivity contribution in [3.63, 3.8) is 0 Å². The Labute approximate surface area is 198 Å². The summed E-state index contributed by atoms with van der Waals surface area (Å²) in [4.78, 5) is 15.1. The molecule has 8 nitrogen and oxygen atoms in total. The molecule has 1 aliphatic rings. The fourth-order valence-electron chi connectivity index (χ4n) is 3.88. The van der Waals surface area contributed by atoms with Crippen molar-refractivity contribution in [1.82, 2.24) is 25.0 Å². The van der Waals surface area contributed by atoms with Crippen molar-refractivity contribution >= 4 is 17.7 Å². The van der Waals surface area contributed by atoms with Gasteiger partial charge in [-0.25, -0.2) is 0 Å². The molecular formula is C24H29N5O3S. The Morgan fingerprint density at radius 2 is 1.85 bits per heavy atom. The van der Waals surface area contributed by atoms with Crippen LogP contribution in [0.2, 0.25) is 0 Å². The van der Waals surface area contributed by atoms with Gasteiger partial charge < -0.3 is 14.8 Å². The first-order valence-electron chi connectivity index (χ1n) is 11.0. The highest BCUT2D eigenvalue weighted by molar-refractivity contribution is 7.99. The van der Waals surface area contributed by atoms with E-state index in [4.69, 9.17) is 9.47 Å². The Kier molecular flexibility index (Phi) is 7.98. The molecule has 0 aliphatic carbocycles. The molecule has 2 heterocycles. The highest BCUT2D eigenvalue weighted by Gasteiger charge is 2.23. The maximum absolute atomic E-state index is 12.7. The number of methoxy groups -OCH3 is 1. The number of amides is 1. The number of aryl methyl sites for hydroxylation is 1. The van der Waals surface area contributed by atoms with Crippen LogP contribution >= 0.6 is 11.8 Å². The van der Waals surface area contributed by atoms with Crippen LogP contribution in [0.1, 0.15) is 17.4 Å². The molecular weight excluding hydrogens is 438 g/mol. The molecule has 0 spiro atoms. The Bertz CT molecular complexity index is 1040. The average Bonchev–Trinajstić information content (AvgIpc) is 3.24. The summed E-state index contributed by atoms with van der Waals surface area (Å²) in [6.07, 6.45) is 0. The molecule has 1 atom stereocenters. The number of nitrogens with one attached hydrogen (secondary N) is 1. The first-order valence-corrected chi connectivity index (χ1v) is 12.0. The average molecular weight is 468 g/mol. The molecule has 1 aliphatic heterocycles. The molecule has 1 saturated heterocycles. The predicted molar refractivity (Wildman–Crippen MR) is 128 cm³/mol. The Balaban J connectivity index is 1.39. The maximum Gasteiger partial charge on any atom is 0.230 e. The van der Waals surface area contributed by atoms with Crippen molar-refractivity contribution in [3.05, 3.63) is 66.0 Å².